The third-order valence-corrected chi connectivity index (χ3v) is 3.19. The van der Waals surface area contributed by atoms with Crippen molar-refractivity contribution in [2.24, 2.45) is 0 Å². The molecule has 1 heterocycles. The Hall–Kier alpha value is -1.07. The first-order valence-electron chi connectivity index (χ1n) is 4.40. The lowest BCUT2D eigenvalue weighted by Gasteiger charge is -2.04. The molecule has 0 atom stereocenters. The minimum absolute atomic E-state index is 0.245. The van der Waals surface area contributed by atoms with Gasteiger partial charge >= 0.3 is 0 Å². The predicted octanol–water partition coefficient (Wildman–Crippen LogP) is 3.62. The molecule has 0 saturated heterocycles. The zero-order valence-electron chi connectivity index (χ0n) is 8.30. The summed E-state index contributed by atoms with van der Waals surface area (Å²) in [4.78, 5) is 0. The van der Waals surface area contributed by atoms with Crippen molar-refractivity contribution in [1.29, 1.82) is 0 Å². The van der Waals surface area contributed by atoms with Crippen molar-refractivity contribution in [3.05, 3.63) is 33.0 Å². The standard InChI is InChI=1S/C10H9FN2S2/c1-5-3-6(2)8(7(11)4-5)9-12-13-10(14)15-9/h3-4H,1-2H3,(H,13,14). The van der Waals surface area contributed by atoms with E-state index in [0.29, 0.717) is 14.5 Å². The lowest BCUT2D eigenvalue weighted by atomic mass is 10.1. The SMILES string of the molecule is Cc1cc(C)c(-c2n[nH]c(=S)s2)c(F)c1. The summed E-state index contributed by atoms with van der Waals surface area (Å²) >= 11 is 6.21. The first-order valence-corrected chi connectivity index (χ1v) is 5.63. The maximum atomic E-state index is 13.7. The summed E-state index contributed by atoms with van der Waals surface area (Å²) in [6, 6.07) is 3.44. The van der Waals surface area contributed by atoms with Crippen LogP contribution in [0.2, 0.25) is 0 Å². The molecule has 2 aromatic rings. The van der Waals surface area contributed by atoms with E-state index in [2.05, 4.69) is 10.2 Å². The molecule has 0 aliphatic carbocycles. The third kappa shape index (κ3) is 1.98. The maximum Gasteiger partial charge on any atom is 0.176 e. The van der Waals surface area contributed by atoms with Crippen LogP contribution in [-0.2, 0) is 0 Å². The number of hydrogen-bond donors (Lipinski definition) is 1. The molecule has 0 saturated carbocycles. The van der Waals surface area contributed by atoms with Gasteiger partial charge in [-0.3, -0.25) is 5.10 Å². The fourth-order valence-corrected chi connectivity index (χ4v) is 2.52. The van der Waals surface area contributed by atoms with E-state index < -0.39 is 0 Å². The van der Waals surface area contributed by atoms with Crippen LogP contribution in [-0.4, -0.2) is 10.2 Å². The number of aromatic nitrogens is 2. The first kappa shape index (κ1) is 10.4. The van der Waals surface area contributed by atoms with E-state index in [9.17, 15) is 4.39 Å². The van der Waals surface area contributed by atoms with Crippen LogP contribution in [0.5, 0.6) is 0 Å². The largest absolute Gasteiger partial charge is 0.258 e. The number of hydrogen-bond acceptors (Lipinski definition) is 3. The molecule has 5 heteroatoms. The quantitative estimate of drug-likeness (QED) is 0.771. The Morgan fingerprint density at radius 3 is 2.67 bits per heavy atom. The minimum atomic E-state index is -0.245. The van der Waals surface area contributed by atoms with Crippen molar-refractivity contribution in [3.63, 3.8) is 0 Å². The molecule has 1 aromatic heterocycles. The van der Waals surface area contributed by atoms with E-state index in [4.69, 9.17) is 12.2 Å². The highest BCUT2D eigenvalue weighted by molar-refractivity contribution is 7.73. The predicted molar refractivity (Wildman–Crippen MR) is 62.2 cm³/mol. The number of aromatic amines is 1. The number of H-pyrrole nitrogens is 1. The Labute approximate surface area is 95.8 Å². The summed E-state index contributed by atoms with van der Waals surface area (Å²) in [5.41, 5.74) is 2.33. The lowest BCUT2D eigenvalue weighted by Crippen LogP contribution is -1.90. The van der Waals surface area contributed by atoms with E-state index in [1.54, 1.807) is 0 Å². The van der Waals surface area contributed by atoms with Gasteiger partial charge < -0.3 is 0 Å². The molecule has 2 rings (SSSR count). The fraction of sp³-hybridized carbons (Fsp3) is 0.200. The highest BCUT2D eigenvalue weighted by Crippen LogP contribution is 2.28. The van der Waals surface area contributed by atoms with Crippen LogP contribution in [0.3, 0.4) is 0 Å². The third-order valence-electron chi connectivity index (χ3n) is 2.08. The van der Waals surface area contributed by atoms with E-state index >= 15 is 0 Å². The van der Waals surface area contributed by atoms with Crippen LogP contribution in [0.15, 0.2) is 12.1 Å². The van der Waals surface area contributed by atoms with E-state index in [0.717, 1.165) is 11.1 Å². The fourth-order valence-electron chi connectivity index (χ4n) is 1.52. The van der Waals surface area contributed by atoms with Crippen molar-refractivity contribution >= 4 is 23.6 Å². The van der Waals surface area contributed by atoms with Gasteiger partial charge in [0, 0.05) is 0 Å². The Morgan fingerprint density at radius 2 is 2.13 bits per heavy atom. The van der Waals surface area contributed by atoms with E-state index in [-0.39, 0.29) is 5.82 Å². The molecule has 0 unspecified atom stereocenters. The molecular weight excluding hydrogens is 231 g/mol. The number of nitrogens with zero attached hydrogens (tertiary/aromatic N) is 1. The van der Waals surface area contributed by atoms with Crippen molar-refractivity contribution in [2.75, 3.05) is 0 Å². The maximum absolute atomic E-state index is 13.7. The van der Waals surface area contributed by atoms with Crippen LogP contribution in [0.25, 0.3) is 10.6 Å². The molecule has 1 aromatic carbocycles. The lowest BCUT2D eigenvalue weighted by molar-refractivity contribution is 0.628. The first-order chi connectivity index (χ1) is 7.08. The Bertz CT molecular complexity index is 534. The average molecular weight is 240 g/mol. The summed E-state index contributed by atoms with van der Waals surface area (Å²) in [6.45, 7) is 3.74. The topological polar surface area (TPSA) is 28.7 Å². The van der Waals surface area contributed by atoms with Gasteiger partial charge in [0.05, 0.1) is 5.56 Å². The molecule has 0 aliphatic rings. The van der Waals surface area contributed by atoms with Crippen molar-refractivity contribution < 1.29 is 4.39 Å². The van der Waals surface area contributed by atoms with Crippen LogP contribution < -0.4 is 0 Å². The number of halogens is 1. The second-order valence-corrected chi connectivity index (χ2v) is 5.02. The normalized spacial score (nSPS) is 10.6. The van der Waals surface area contributed by atoms with Crippen molar-refractivity contribution in [2.45, 2.75) is 13.8 Å². The van der Waals surface area contributed by atoms with E-state index in [1.165, 1.54) is 17.4 Å². The summed E-state index contributed by atoms with van der Waals surface area (Å²) < 4.78 is 14.3. The summed E-state index contributed by atoms with van der Waals surface area (Å²) in [5, 5.41) is 7.25. The minimum Gasteiger partial charge on any atom is -0.258 e. The Morgan fingerprint density at radius 1 is 1.40 bits per heavy atom. The number of nitrogens with one attached hydrogen (secondary N) is 1. The van der Waals surface area contributed by atoms with Gasteiger partial charge in [0.2, 0.25) is 0 Å². The second kappa shape index (κ2) is 3.83. The monoisotopic (exact) mass is 240 g/mol. The zero-order chi connectivity index (χ0) is 11.0. The Balaban J connectivity index is 2.67. The molecule has 0 spiro atoms. The van der Waals surface area contributed by atoms with Gasteiger partial charge in [0.1, 0.15) is 10.8 Å². The van der Waals surface area contributed by atoms with Crippen LogP contribution in [0, 0.1) is 23.6 Å². The average Bonchev–Trinajstić information content (AvgIpc) is 2.49. The molecular formula is C10H9FN2S2. The van der Waals surface area contributed by atoms with Crippen LogP contribution in [0.4, 0.5) is 4.39 Å². The van der Waals surface area contributed by atoms with Gasteiger partial charge in [-0.2, -0.15) is 5.10 Å². The summed E-state index contributed by atoms with van der Waals surface area (Å²) in [5.74, 6) is -0.245. The van der Waals surface area contributed by atoms with Crippen molar-refractivity contribution in [1.82, 2.24) is 10.2 Å². The Kier molecular flexibility index (Phi) is 2.67. The number of rotatable bonds is 1. The molecule has 0 fully saturated rings. The molecule has 2 nitrogen and oxygen atoms in total. The number of benzene rings is 1. The molecule has 15 heavy (non-hydrogen) atoms. The van der Waals surface area contributed by atoms with Gasteiger partial charge in [-0.1, -0.05) is 17.4 Å². The number of aryl methyl sites for hydroxylation is 2. The van der Waals surface area contributed by atoms with E-state index in [1.807, 2.05) is 19.9 Å². The molecule has 0 bridgehead atoms. The smallest absolute Gasteiger partial charge is 0.176 e. The molecule has 0 radical (unpaired) electrons. The van der Waals surface area contributed by atoms with Crippen LogP contribution >= 0.6 is 23.6 Å². The van der Waals surface area contributed by atoms with Crippen molar-refractivity contribution in [3.8, 4) is 10.6 Å². The highest BCUT2D eigenvalue weighted by atomic mass is 32.1. The molecule has 1 N–H and O–H groups in total. The molecule has 0 aliphatic heterocycles. The molecule has 0 amide bonds. The molecule has 78 valence electrons. The summed E-state index contributed by atoms with van der Waals surface area (Å²) in [7, 11) is 0. The summed E-state index contributed by atoms with van der Waals surface area (Å²) in [6.07, 6.45) is 0. The van der Waals surface area contributed by atoms with Gasteiger partial charge in [-0.15, -0.1) is 0 Å². The van der Waals surface area contributed by atoms with Crippen LogP contribution in [0.1, 0.15) is 11.1 Å². The van der Waals surface area contributed by atoms with Gasteiger partial charge in [0.15, 0.2) is 3.95 Å². The van der Waals surface area contributed by atoms with Gasteiger partial charge in [-0.25, -0.2) is 4.39 Å². The van der Waals surface area contributed by atoms with Gasteiger partial charge in [-0.05, 0) is 43.3 Å². The zero-order valence-corrected chi connectivity index (χ0v) is 9.93. The van der Waals surface area contributed by atoms with Gasteiger partial charge in [0.25, 0.3) is 0 Å². The second-order valence-electron chi connectivity index (χ2n) is 3.36. The highest BCUT2D eigenvalue weighted by Gasteiger charge is 2.12.